The lowest BCUT2D eigenvalue weighted by atomic mass is 10.1. The third kappa shape index (κ3) is 5.81. The van der Waals surface area contributed by atoms with Crippen molar-refractivity contribution in [3.05, 3.63) is 76.6 Å². The first-order valence-electron chi connectivity index (χ1n) is 14.4. The van der Waals surface area contributed by atoms with E-state index in [9.17, 15) is 10.1 Å². The van der Waals surface area contributed by atoms with Crippen LogP contribution in [0.25, 0.3) is 17.1 Å². The molecule has 12 nitrogen and oxygen atoms in total. The van der Waals surface area contributed by atoms with Crippen LogP contribution < -0.4 is 15.0 Å². The minimum absolute atomic E-state index is 0.0217. The summed E-state index contributed by atoms with van der Waals surface area (Å²) >= 11 is 0. The number of aromatic nitrogens is 4. The highest BCUT2D eigenvalue weighted by Gasteiger charge is 2.25. The molecule has 1 N–H and O–H groups in total. The second-order valence-corrected chi connectivity index (χ2v) is 8.75. The average molecular weight is 535 g/mol. The summed E-state index contributed by atoms with van der Waals surface area (Å²) in [6, 6.07) is 14.0. The largest absolute Gasteiger partial charge is 0.494 e. The molecule has 0 atom stereocenters. The third-order valence-corrected chi connectivity index (χ3v) is 6.16. The summed E-state index contributed by atoms with van der Waals surface area (Å²) in [6.45, 7) is -1.08. The van der Waals surface area contributed by atoms with Crippen molar-refractivity contribution in [1.82, 2.24) is 24.6 Å². The first-order chi connectivity index (χ1) is 20.7. The predicted octanol–water partition coefficient (Wildman–Crippen LogP) is 3.89. The van der Waals surface area contributed by atoms with E-state index < -0.39 is 18.9 Å². The van der Waals surface area contributed by atoms with Gasteiger partial charge in [0.05, 0.1) is 36.6 Å². The molecule has 0 unspecified atom stereocenters. The molecule has 4 aromatic rings. The Morgan fingerprint density at radius 2 is 2.00 bits per heavy atom. The molecular weight excluding hydrogens is 500 g/mol. The number of ether oxygens (including phenoxy) is 2. The van der Waals surface area contributed by atoms with Gasteiger partial charge in [-0.25, -0.2) is 9.67 Å². The van der Waals surface area contributed by atoms with Crippen molar-refractivity contribution in [2.75, 3.05) is 57.6 Å². The number of nitro groups is 1. The van der Waals surface area contributed by atoms with Crippen LogP contribution in [-0.4, -0.2) is 77.0 Å². The summed E-state index contributed by atoms with van der Waals surface area (Å²) in [5.74, 6) is 0.876. The molecule has 1 aliphatic rings. The van der Waals surface area contributed by atoms with Gasteiger partial charge < -0.3 is 24.6 Å². The van der Waals surface area contributed by atoms with Gasteiger partial charge in [0, 0.05) is 66.8 Å². The van der Waals surface area contributed by atoms with Gasteiger partial charge in [-0.3, -0.25) is 10.1 Å². The normalized spacial score (nSPS) is 15.1. The molecule has 1 aliphatic heterocycles. The van der Waals surface area contributed by atoms with E-state index in [0.29, 0.717) is 60.5 Å². The predicted molar refractivity (Wildman–Crippen MR) is 148 cm³/mol. The molecule has 1 fully saturated rings. The molecule has 0 aliphatic carbocycles. The van der Waals surface area contributed by atoms with Crippen molar-refractivity contribution in [2.24, 2.45) is 0 Å². The lowest BCUT2D eigenvalue weighted by Gasteiger charge is -2.29. The van der Waals surface area contributed by atoms with Crippen LogP contribution in [0.4, 0.5) is 23.0 Å². The second-order valence-electron chi connectivity index (χ2n) is 8.75. The zero-order valence-corrected chi connectivity index (χ0v) is 21.2. The summed E-state index contributed by atoms with van der Waals surface area (Å²) in [4.78, 5) is 23.4. The summed E-state index contributed by atoms with van der Waals surface area (Å²) in [5.41, 5.74) is 2.57. The Bertz CT molecular complexity index is 1560. The lowest BCUT2D eigenvalue weighted by Crippen LogP contribution is -2.36. The standard InChI is InChI=1S/C27H30N8O4/c1-32(2)17-20-18-34(31-26(20)19-7-5-4-6-8-19)25-9-10-28-27(30-25)29-21-15-23(35(36)37)22(16-24(21)38-3)33-11-13-39-14-12-33/h4-10,15-16,18H,11-14,17H2,1-3H3,(H,28,29,30)/i1D2,2D2. The number of rotatable bonds is 9. The number of hydrogen-bond acceptors (Lipinski definition) is 10. The number of anilines is 3. The molecule has 2 aromatic heterocycles. The van der Waals surface area contributed by atoms with Gasteiger partial charge in [0.2, 0.25) is 5.95 Å². The quantitative estimate of drug-likeness (QED) is 0.250. The van der Waals surface area contributed by atoms with Gasteiger partial charge in [0.15, 0.2) is 5.82 Å². The van der Waals surface area contributed by atoms with Crippen LogP contribution in [0.5, 0.6) is 5.75 Å². The molecule has 39 heavy (non-hydrogen) atoms. The Kier molecular flexibility index (Phi) is 6.28. The Morgan fingerprint density at radius 3 is 2.72 bits per heavy atom. The van der Waals surface area contributed by atoms with Gasteiger partial charge in [-0.05, 0) is 14.0 Å². The molecule has 1 saturated heterocycles. The van der Waals surface area contributed by atoms with Gasteiger partial charge in [-0.1, -0.05) is 30.3 Å². The number of methoxy groups -OCH3 is 1. The summed E-state index contributed by atoms with van der Waals surface area (Å²) in [5, 5.41) is 19.7. The van der Waals surface area contributed by atoms with E-state index >= 15 is 0 Å². The monoisotopic (exact) mass is 534 g/mol. The Hall–Kier alpha value is -4.55. The molecule has 0 saturated carbocycles. The van der Waals surface area contributed by atoms with E-state index in [2.05, 4.69) is 15.3 Å². The number of hydrogen-bond donors (Lipinski definition) is 1. The van der Waals surface area contributed by atoms with E-state index in [-0.39, 0.29) is 18.2 Å². The number of morpholine rings is 1. The van der Waals surface area contributed by atoms with Crippen LogP contribution in [0.15, 0.2) is 60.9 Å². The van der Waals surface area contributed by atoms with Crippen molar-refractivity contribution in [3.63, 3.8) is 0 Å². The van der Waals surface area contributed by atoms with Crippen LogP contribution in [0.2, 0.25) is 0 Å². The molecule has 0 spiro atoms. The van der Waals surface area contributed by atoms with Crippen molar-refractivity contribution in [1.29, 1.82) is 0 Å². The van der Waals surface area contributed by atoms with Crippen LogP contribution in [0.1, 0.15) is 11.0 Å². The number of nitrogens with one attached hydrogen (secondary N) is 1. The maximum absolute atomic E-state index is 12.0. The smallest absolute Gasteiger partial charge is 0.294 e. The number of benzene rings is 2. The Balaban J connectivity index is 1.49. The van der Waals surface area contributed by atoms with E-state index in [1.807, 2.05) is 35.2 Å². The van der Waals surface area contributed by atoms with Gasteiger partial charge in [-0.15, -0.1) is 0 Å². The number of nitro benzene ring substituents is 1. The summed E-state index contributed by atoms with van der Waals surface area (Å²) < 4.78 is 43.6. The Morgan fingerprint density at radius 1 is 1.21 bits per heavy atom. The number of nitrogens with zero attached hydrogens (tertiary/aromatic N) is 7. The van der Waals surface area contributed by atoms with Crippen LogP contribution in [0, 0.1) is 10.1 Å². The molecule has 0 amide bonds. The van der Waals surface area contributed by atoms with Crippen molar-refractivity contribution in [3.8, 4) is 22.8 Å². The first kappa shape index (κ1) is 21.4. The van der Waals surface area contributed by atoms with Crippen molar-refractivity contribution < 1.29 is 19.9 Å². The summed E-state index contributed by atoms with van der Waals surface area (Å²) in [6.07, 6.45) is 3.19. The highest BCUT2D eigenvalue weighted by atomic mass is 16.6. The van der Waals surface area contributed by atoms with Crippen LogP contribution in [-0.2, 0) is 11.3 Å². The van der Waals surface area contributed by atoms with E-state index in [1.54, 1.807) is 18.3 Å². The topological polar surface area (TPSA) is 124 Å². The van der Waals surface area contributed by atoms with E-state index in [4.69, 9.17) is 20.1 Å². The average Bonchev–Trinajstić information content (AvgIpc) is 3.44. The molecule has 3 heterocycles. The molecule has 0 radical (unpaired) electrons. The van der Waals surface area contributed by atoms with Gasteiger partial charge in [0.25, 0.3) is 5.69 Å². The highest BCUT2D eigenvalue weighted by molar-refractivity contribution is 5.77. The van der Waals surface area contributed by atoms with Crippen LogP contribution in [0.3, 0.4) is 0 Å². The maximum Gasteiger partial charge on any atom is 0.294 e. The molecule has 12 heteroatoms. The van der Waals surface area contributed by atoms with E-state index in [1.165, 1.54) is 24.1 Å². The van der Waals surface area contributed by atoms with Gasteiger partial charge in [-0.2, -0.15) is 10.1 Å². The van der Waals surface area contributed by atoms with Crippen molar-refractivity contribution >= 4 is 23.0 Å². The zero-order chi connectivity index (χ0) is 30.5. The van der Waals surface area contributed by atoms with E-state index in [0.717, 1.165) is 10.5 Å². The fourth-order valence-electron chi connectivity index (χ4n) is 4.36. The fraction of sp³-hybridized carbons (Fsp3) is 0.296. The first-order valence-corrected chi connectivity index (χ1v) is 12.1. The maximum atomic E-state index is 12.0. The Labute approximate surface area is 231 Å². The molecule has 5 rings (SSSR count). The zero-order valence-electron chi connectivity index (χ0n) is 25.2. The lowest BCUT2D eigenvalue weighted by molar-refractivity contribution is -0.384. The molecule has 202 valence electrons. The van der Waals surface area contributed by atoms with Gasteiger partial charge >= 0.3 is 0 Å². The highest BCUT2D eigenvalue weighted by Crippen LogP contribution is 2.39. The minimum atomic E-state index is -1.52. The fourth-order valence-corrected chi connectivity index (χ4v) is 4.36. The SMILES string of the molecule is [2H]C([2H])N(Cc1cn(-c2ccnc(Nc3cc([N+](=O)[O-])c(N4CCOCC4)cc3OC)n2)nc1-c1ccccc1)C([2H])[2H]. The van der Waals surface area contributed by atoms with Crippen molar-refractivity contribution in [2.45, 2.75) is 6.54 Å². The summed E-state index contributed by atoms with van der Waals surface area (Å²) in [7, 11) is 1.48. The minimum Gasteiger partial charge on any atom is -0.494 e. The molecule has 2 aromatic carbocycles. The third-order valence-electron chi connectivity index (χ3n) is 6.16. The van der Waals surface area contributed by atoms with Crippen LogP contribution >= 0.6 is 0 Å². The molecule has 0 bridgehead atoms. The molecular formula is C27H30N8O4. The second kappa shape index (κ2) is 11.5. The van der Waals surface area contributed by atoms with Gasteiger partial charge in [0.1, 0.15) is 11.4 Å².